The number of carbonyl (C=O) groups is 2. The van der Waals surface area contributed by atoms with Gasteiger partial charge in [-0.3, -0.25) is 9.78 Å². The number of rotatable bonds is 7. The molecule has 0 aliphatic heterocycles. The molecule has 6 nitrogen and oxygen atoms in total. The molecule has 0 bridgehead atoms. The van der Waals surface area contributed by atoms with Gasteiger partial charge in [0, 0.05) is 31.0 Å². The first-order valence-corrected chi connectivity index (χ1v) is 9.45. The van der Waals surface area contributed by atoms with E-state index in [2.05, 4.69) is 20.9 Å². The van der Waals surface area contributed by atoms with Crippen molar-refractivity contribution < 1.29 is 9.59 Å². The largest absolute Gasteiger partial charge is 0.334 e. The van der Waals surface area contributed by atoms with Crippen molar-refractivity contribution in [1.82, 2.24) is 15.6 Å². The zero-order valence-corrected chi connectivity index (χ0v) is 16.3. The number of nitrogens with one attached hydrogen (secondary N) is 3. The van der Waals surface area contributed by atoms with Gasteiger partial charge in [0.05, 0.1) is 0 Å². The minimum absolute atomic E-state index is 0.280. The summed E-state index contributed by atoms with van der Waals surface area (Å²) in [5.41, 5.74) is 3.48. The quantitative estimate of drug-likeness (QED) is 0.580. The van der Waals surface area contributed by atoms with Crippen LogP contribution in [0.2, 0.25) is 0 Å². The highest BCUT2D eigenvalue weighted by Gasteiger charge is 2.22. The summed E-state index contributed by atoms with van der Waals surface area (Å²) in [4.78, 5) is 29.4. The molecule has 6 heteroatoms. The van der Waals surface area contributed by atoms with Crippen molar-refractivity contribution in [3.8, 4) is 0 Å². The number of aromatic nitrogens is 1. The van der Waals surface area contributed by atoms with Gasteiger partial charge in [0.1, 0.15) is 6.04 Å². The molecule has 0 radical (unpaired) electrons. The molecule has 2 aromatic carbocycles. The standard InChI is InChI=1S/C23H24N4O2/c1-17-15-24-13-12-20(17)26-22(28)21(14-18-8-4-2-5-9-18)27-23(29)25-16-19-10-6-3-7-11-19/h2-13,15,21H,14,16H2,1H3,(H,24,26,28)(H2,25,27,29)/t21-/m0/s1. The molecule has 1 aromatic heterocycles. The molecule has 0 fully saturated rings. The second-order valence-electron chi connectivity index (χ2n) is 6.73. The lowest BCUT2D eigenvalue weighted by Gasteiger charge is -2.19. The van der Waals surface area contributed by atoms with Crippen molar-refractivity contribution in [2.45, 2.75) is 25.9 Å². The average Bonchev–Trinajstić information content (AvgIpc) is 2.75. The third-order valence-electron chi connectivity index (χ3n) is 4.48. The maximum atomic E-state index is 12.9. The van der Waals surface area contributed by atoms with Crippen LogP contribution in [0.25, 0.3) is 0 Å². The van der Waals surface area contributed by atoms with Crippen molar-refractivity contribution in [2.24, 2.45) is 0 Å². The Kier molecular flexibility index (Phi) is 6.95. The third-order valence-corrected chi connectivity index (χ3v) is 4.48. The molecule has 1 atom stereocenters. The first-order chi connectivity index (χ1) is 14.1. The first kappa shape index (κ1) is 20.1. The Hall–Kier alpha value is -3.67. The van der Waals surface area contributed by atoms with E-state index in [0.29, 0.717) is 18.7 Å². The average molecular weight is 388 g/mol. The highest BCUT2D eigenvalue weighted by molar-refractivity contribution is 5.97. The third kappa shape index (κ3) is 6.17. The second-order valence-corrected chi connectivity index (χ2v) is 6.73. The second kappa shape index (κ2) is 10.0. The molecule has 148 valence electrons. The molecule has 3 N–H and O–H groups in total. The fourth-order valence-corrected chi connectivity index (χ4v) is 2.88. The normalized spacial score (nSPS) is 11.3. The Morgan fingerprint density at radius 2 is 1.59 bits per heavy atom. The van der Waals surface area contributed by atoms with Crippen LogP contribution in [-0.2, 0) is 17.8 Å². The zero-order chi connectivity index (χ0) is 20.5. The van der Waals surface area contributed by atoms with E-state index in [0.717, 1.165) is 16.7 Å². The summed E-state index contributed by atoms with van der Waals surface area (Å²) in [5, 5.41) is 8.49. The van der Waals surface area contributed by atoms with Gasteiger partial charge in [0.15, 0.2) is 0 Å². The van der Waals surface area contributed by atoms with E-state index in [9.17, 15) is 9.59 Å². The summed E-state index contributed by atoms with van der Waals surface area (Å²) in [6, 6.07) is 19.8. The van der Waals surface area contributed by atoms with Crippen molar-refractivity contribution in [3.05, 3.63) is 95.8 Å². The number of urea groups is 1. The van der Waals surface area contributed by atoms with Gasteiger partial charge in [0.25, 0.3) is 0 Å². The number of hydrogen-bond donors (Lipinski definition) is 3. The fraction of sp³-hybridized carbons (Fsp3) is 0.174. The Morgan fingerprint density at radius 3 is 2.24 bits per heavy atom. The fourth-order valence-electron chi connectivity index (χ4n) is 2.88. The molecular formula is C23H24N4O2. The lowest BCUT2D eigenvalue weighted by Crippen LogP contribution is -2.49. The number of amides is 3. The van der Waals surface area contributed by atoms with Crippen LogP contribution in [0, 0.1) is 6.92 Å². The van der Waals surface area contributed by atoms with E-state index >= 15 is 0 Å². The Balaban J connectivity index is 1.67. The summed E-state index contributed by atoms with van der Waals surface area (Å²) >= 11 is 0. The molecule has 0 aliphatic carbocycles. The monoisotopic (exact) mass is 388 g/mol. The molecular weight excluding hydrogens is 364 g/mol. The molecule has 1 heterocycles. The van der Waals surface area contributed by atoms with Crippen molar-refractivity contribution in [2.75, 3.05) is 5.32 Å². The number of benzene rings is 2. The Labute approximate surface area is 170 Å². The number of anilines is 1. The van der Waals surface area contributed by atoms with Crippen LogP contribution in [0.4, 0.5) is 10.5 Å². The maximum Gasteiger partial charge on any atom is 0.315 e. The maximum absolute atomic E-state index is 12.9. The number of pyridine rings is 1. The highest BCUT2D eigenvalue weighted by atomic mass is 16.2. The summed E-state index contributed by atoms with van der Waals surface area (Å²) in [5.74, 6) is -0.280. The topological polar surface area (TPSA) is 83.1 Å². The van der Waals surface area contributed by atoms with Crippen LogP contribution in [0.15, 0.2) is 79.1 Å². The molecule has 3 amide bonds. The minimum Gasteiger partial charge on any atom is -0.334 e. The van der Waals surface area contributed by atoms with E-state index in [-0.39, 0.29) is 5.91 Å². The van der Waals surface area contributed by atoms with Crippen molar-refractivity contribution in [3.63, 3.8) is 0 Å². The van der Waals surface area contributed by atoms with E-state index < -0.39 is 12.1 Å². The van der Waals surface area contributed by atoms with E-state index in [4.69, 9.17) is 0 Å². The van der Waals surface area contributed by atoms with E-state index in [1.807, 2.05) is 67.6 Å². The number of aryl methyl sites for hydroxylation is 1. The van der Waals surface area contributed by atoms with Crippen LogP contribution in [0.5, 0.6) is 0 Å². The van der Waals surface area contributed by atoms with Gasteiger partial charge in [0.2, 0.25) is 5.91 Å². The molecule has 3 rings (SSSR count). The minimum atomic E-state index is -0.722. The molecule has 0 unspecified atom stereocenters. The molecule has 29 heavy (non-hydrogen) atoms. The summed E-state index contributed by atoms with van der Waals surface area (Å²) in [6.45, 7) is 2.25. The predicted molar refractivity (Wildman–Crippen MR) is 113 cm³/mol. The van der Waals surface area contributed by atoms with Gasteiger partial charge in [-0.05, 0) is 29.7 Å². The van der Waals surface area contributed by atoms with Crippen LogP contribution in [-0.4, -0.2) is 23.0 Å². The smallest absolute Gasteiger partial charge is 0.315 e. The van der Waals surface area contributed by atoms with Gasteiger partial charge in [-0.1, -0.05) is 60.7 Å². The van der Waals surface area contributed by atoms with Crippen LogP contribution < -0.4 is 16.0 Å². The first-order valence-electron chi connectivity index (χ1n) is 9.45. The van der Waals surface area contributed by atoms with Crippen molar-refractivity contribution in [1.29, 1.82) is 0 Å². The number of carbonyl (C=O) groups excluding carboxylic acids is 2. The van der Waals surface area contributed by atoms with Gasteiger partial charge >= 0.3 is 6.03 Å². The van der Waals surface area contributed by atoms with Gasteiger partial charge in [-0.15, -0.1) is 0 Å². The molecule has 0 saturated heterocycles. The summed E-state index contributed by atoms with van der Waals surface area (Å²) < 4.78 is 0. The van der Waals surface area contributed by atoms with Crippen LogP contribution in [0.3, 0.4) is 0 Å². The molecule has 0 saturated carbocycles. The number of nitrogens with zero attached hydrogens (tertiary/aromatic N) is 1. The lowest BCUT2D eigenvalue weighted by atomic mass is 10.1. The Bertz CT molecular complexity index is 945. The van der Waals surface area contributed by atoms with Crippen LogP contribution >= 0.6 is 0 Å². The van der Waals surface area contributed by atoms with Crippen LogP contribution in [0.1, 0.15) is 16.7 Å². The Morgan fingerprint density at radius 1 is 0.931 bits per heavy atom. The van der Waals surface area contributed by atoms with E-state index in [1.54, 1.807) is 18.5 Å². The number of hydrogen-bond acceptors (Lipinski definition) is 3. The predicted octanol–water partition coefficient (Wildman–Crippen LogP) is 3.44. The van der Waals surface area contributed by atoms with Gasteiger partial charge in [-0.25, -0.2) is 4.79 Å². The summed E-state index contributed by atoms with van der Waals surface area (Å²) in [7, 11) is 0. The van der Waals surface area contributed by atoms with E-state index in [1.165, 1.54) is 0 Å². The lowest BCUT2D eigenvalue weighted by molar-refractivity contribution is -0.117. The van der Waals surface area contributed by atoms with Gasteiger partial charge in [-0.2, -0.15) is 0 Å². The zero-order valence-electron chi connectivity index (χ0n) is 16.3. The van der Waals surface area contributed by atoms with Gasteiger partial charge < -0.3 is 16.0 Å². The molecule has 0 spiro atoms. The highest BCUT2D eigenvalue weighted by Crippen LogP contribution is 2.13. The molecule has 0 aliphatic rings. The molecule has 3 aromatic rings. The van der Waals surface area contributed by atoms with Crippen molar-refractivity contribution >= 4 is 17.6 Å². The summed E-state index contributed by atoms with van der Waals surface area (Å²) in [6.07, 6.45) is 3.69. The SMILES string of the molecule is Cc1cnccc1NC(=O)[C@H](Cc1ccccc1)NC(=O)NCc1ccccc1.